The molecule has 0 aromatic rings. The molecule has 3 nitrogen and oxygen atoms in total. The van der Waals surface area contributed by atoms with E-state index in [0.29, 0.717) is 13.2 Å². The van der Waals surface area contributed by atoms with Crippen molar-refractivity contribution in [2.75, 3.05) is 13.2 Å². The summed E-state index contributed by atoms with van der Waals surface area (Å²) in [5.41, 5.74) is 0. The lowest BCUT2D eigenvalue weighted by atomic mass is 10.0. The molecule has 4 heteroatoms. The minimum atomic E-state index is -2.21. The highest BCUT2D eigenvalue weighted by molar-refractivity contribution is 7.33. The molecule has 0 amide bonds. The van der Waals surface area contributed by atoms with E-state index in [1.807, 2.05) is 6.92 Å². The molecule has 0 aliphatic heterocycles. The standard InChI is InChI=1S/C18H39O3P/c1-3-5-6-7-8-9-10-11-12-13-14-15-16-17-18-21-22(19)20-4-2/h22H,3-18H2,1-2H3. The molecule has 0 bridgehead atoms. The highest BCUT2D eigenvalue weighted by Gasteiger charge is 1.98. The van der Waals surface area contributed by atoms with Crippen molar-refractivity contribution in [1.82, 2.24) is 0 Å². The van der Waals surface area contributed by atoms with E-state index < -0.39 is 8.25 Å². The van der Waals surface area contributed by atoms with Crippen LogP contribution in [-0.4, -0.2) is 13.2 Å². The first-order valence-electron chi connectivity index (χ1n) is 9.60. The van der Waals surface area contributed by atoms with Gasteiger partial charge in [-0.05, 0) is 13.3 Å². The quantitative estimate of drug-likeness (QED) is 0.202. The number of unbranched alkanes of at least 4 members (excludes halogenated alkanes) is 13. The number of rotatable bonds is 18. The molecular formula is C18H39O3P. The van der Waals surface area contributed by atoms with E-state index in [1.165, 1.54) is 83.5 Å². The van der Waals surface area contributed by atoms with Crippen molar-refractivity contribution in [2.24, 2.45) is 0 Å². The average Bonchev–Trinajstić information content (AvgIpc) is 2.51. The molecule has 0 spiro atoms. The Morgan fingerprint density at radius 3 is 1.41 bits per heavy atom. The summed E-state index contributed by atoms with van der Waals surface area (Å²) in [7, 11) is -2.21. The van der Waals surface area contributed by atoms with Crippen LogP contribution in [0.15, 0.2) is 0 Å². The van der Waals surface area contributed by atoms with Crippen LogP contribution in [-0.2, 0) is 13.6 Å². The van der Waals surface area contributed by atoms with Gasteiger partial charge in [-0.25, -0.2) is 0 Å². The van der Waals surface area contributed by atoms with Crippen molar-refractivity contribution in [3.05, 3.63) is 0 Å². The number of hydrogen-bond donors (Lipinski definition) is 0. The van der Waals surface area contributed by atoms with E-state index in [-0.39, 0.29) is 0 Å². The molecule has 0 fully saturated rings. The summed E-state index contributed by atoms with van der Waals surface area (Å²) in [6.07, 6.45) is 18.9. The van der Waals surface area contributed by atoms with E-state index in [4.69, 9.17) is 9.05 Å². The van der Waals surface area contributed by atoms with Crippen LogP contribution in [0.2, 0.25) is 0 Å². The predicted molar refractivity (Wildman–Crippen MR) is 96.9 cm³/mol. The van der Waals surface area contributed by atoms with Crippen LogP contribution >= 0.6 is 8.25 Å². The molecule has 0 N–H and O–H groups in total. The Balaban J connectivity index is 3.01. The Morgan fingerprint density at radius 1 is 0.591 bits per heavy atom. The summed E-state index contributed by atoms with van der Waals surface area (Å²) < 4.78 is 21.1. The summed E-state index contributed by atoms with van der Waals surface area (Å²) in [5, 5.41) is 0. The number of hydrogen-bond acceptors (Lipinski definition) is 3. The van der Waals surface area contributed by atoms with E-state index in [2.05, 4.69) is 6.92 Å². The second-order valence-electron chi connectivity index (χ2n) is 6.13. The highest BCUT2D eigenvalue weighted by atomic mass is 31.1. The van der Waals surface area contributed by atoms with Gasteiger partial charge in [0.25, 0.3) is 0 Å². The maximum absolute atomic E-state index is 11.1. The first-order chi connectivity index (χ1) is 10.8. The second-order valence-corrected chi connectivity index (χ2v) is 7.21. The monoisotopic (exact) mass is 334 g/mol. The van der Waals surface area contributed by atoms with Crippen molar-refractivity contribution in [3.63, 3.8) is 0 Å². The summed E-state index contributed by atoms with van der Waals surface area (Å²) in [4.78, 5) is 0. The van der Waals surface area contributed by atoms with Crippen LogP contribution in [0.25, 0.3) is 0 Å². The lowest BCUT2D eigenvalue weighted by Crippen LogP contribution is -1.89. The SMILES string of the molecule is CCCCCCCCCCCCCCCCO[PH](=O)OCC. The van der Waals surface area contributed by atoms with Crippen molar-refractivity contribution in [2.45, 2.75) is 104 Å². The van der Waals surface area contributed by atoms with Crippen LogP contribution in [0.1, 0.15) is 104 Å². The summed E-state index contributed by atoms with van der Waals surface area (Å²) >= 11 is 0. The van der Waals surface area contributed by atoms with E-state index in [1.54, 1.807) is 0 Å². The fourth-order valence-corrected chi connectivity index (χ4v) is 3.24. The van der Waals surface area contributed by atoms with Gasteiger partial charge in [0.2, 0.25) is 0 Å². The molecule has 0 aliphatic rings. The second kappa shape index (κ2) is 19.2. The molecule has 134 valence electrons. The van der Waals surface area contributed by atoms with Gasteiger partial charge in [0.15, 0.2) is 0 Å². The summed E-state index contributed by atoms with van der Waals surface area (Å²) in [6.45, 7) is 5.15. The molecule has 0 rings (SSSR count). The maximum Gasteiger partial charge on any atom is 0.319 e. The summed E-state index contributed by atoms with van der Waals surface area (Å²) in [5.74, 6) is 0. The minimum Gasteiger partial charge on any atom is -0.311 e. The lowest BCUT2D eigenvalue weighted by molar-refractivity contribution is 0.229. The van der Waals surface area contributed by atoms with Gasteiger partial charge in [-0.2, -0.15) is 0 Å². The average molecular weight is 334 g/mol. The molecule has 0 saturated heterocycles. The van der Waals surface area contributed by atoms with Crippen molar-refractivity contribution >= 4 is 8.25 Å². The van der Waals surface area contributed by atoms with Gasteiger partial charge in [-0.15, -0.1) is 0 Å². The Labute approximate surface area is 139 Å². The zero-order chi connectivity index (χ0) is 16.3. The van der Waals surface area contributed by atoms with Crippen LogP contribution in [0.4, 0.5) is 0 Å². The van der Waals surface area contributed by atoms with Gasteiger partial charge >= 0.3 is 8.25 Å². The van der Waals surface area contributed by atoms with E-state index in [0.717, 1.165) is 6.42 Å². The Hall–Kier alpha value is 0.150. The molecule has 1 atom stereocenters. The molecule has 0 saturated carbocycles. The van der Waals surface area contributed by atoms with Gasteiger partial charge < -0.3 is 9.05 Å². The first kappa shape index (κ1) is 22.1. The summed E-state index contributed by atoms with van der Waals surface area (Å²) in [6, 6.07) is 0. The predicted octanol–water partition coefficient (Wildman–Crippen LogP) is 6.91. The van der Waals surface area contributed by atoms with E-state index >= 15 is 0 Å². The first-order valence-corrected chi connectivity index (χ1v) is 10.8. The van der Waals surface area contributed by atoms with Gasteiger partial charge in [0, 0.05) is 0 Å². The Bertz CT molecular complexity index is 234. The third kappa shape index (κ3) is 18.2. The molecule has 0 radical (unpaired) electrons. The zero-order valence-electron chi connectivity index (χ0n) is 15.0. The van der Waals surface area contributed by atoms with Gasteiger partial charge in [-0.3, -0.25) is 4.57 Å². The lowest BCUT2D eigenvalue weighted by Gasteiger charge is -2.04. The third-order valence-electron chi connectivity index (χ3n) is 3.98. The fraction of sp³-hybridized carbons (Fsp3) is 1.00. The zero-order valence-corrected chi connectivity index (χ0v) is 16.0. The largest absolute Gasteiger partial charge is 0.319 e. The smallest absolute Gasteiger partial charge is 0.311 e. The Morgan fingerprint density at radius 2 is 1.00 bits per heavy atom. The topological polar surface area (TPSA) is 35.5 Å². The molecule has 1 unspecified atom stereocenters. The molecule has 0 aromatic heterocycles. The van der Waals surface area contributed by atoms with Gasteiger partial charge in [-0.1, -0.05) is 90.4 Å². The fourth-order valence-electron chi connectivity index (χ4n) is 2.61. The molecular weight excluding hydrogens is 295 g/mol. The van der Waals surface area contributed by atoms with Crippen LogP contribution in [0.3, 0.4) is 0 Å². The van der Waals surface area contributed by atoms with Crippen molar-refractivity contribution in [1.29, 1.82) is 0 Å². The minimum absolute atomic E-state index is 0.469. The molecule has 0 aromatic carbocycles. The Kier molecular flexibility index (Phi) is 19.3. The molecule has 22 heavy (non-hydrogen) atoms. The van der Waals surface area contributed by atoms with E-state index in [9.17, 15) is 4.57 Å². The van der Waals surface area contributed by atoms with Crippen molar-refractivity contribution in [3.8, 4) is 0 Å². The van der Waals surface area contributed by atoms with Crippen LogP contribution in [0.5, 0.6) is 0 Å². The normalized spacial score (nSPS) is 12.6. The molecule has 0 heterocycles. The van der Waals surface area contributed by atoms with Gasteiger partial charge in [0.05, 0.1) is 13.2 Å². The highest BCUT2D eigenvalue weighted by Crippen LogP contribution is 2.23. The van der Waals surface area contributed by atoms with Crippen LogP contribution in [0, 0.1) is 0 Å². The van der Waals surface area contributed by atoms with Crippen LogP contribution < -0.4 is 0 Å². The van der Waals surface area contributed by atoms with Gasteiger partial charge in [0.1, 0.15) is 0 Å². The third-order valence-corrected chi connectivity index (χ3v) is 4.94. The molecule has 0 aliphatic carbocycles. The van der Waals surface area contributed by atoms with Crippen molar-refractivity contribution < 1.29 is 13.6 Å². The maximum atomic E-state index is 11.1.